The second-order valence-corrected chi connectivity index (χ2v) is 16.2. The molecule has 7 atom stereocenters. The Kier molecular flexibility index (Phi) is 15.5. The predicted octanol–water partition coefficient (Wildman–Crippen LogP) is 3.96. The van der Waals surface area contributed by atoms with Crippen molar-refractivity contribution in [2.24, 2.45) is 17.8 Å². The molecule has 1 aromatic heterocycles. The first-order valence-corrected chi connectivity index (χ1v) is 20.5. The molecule has 1 aromatic carbocycles. The Balaban J connectivity index is 1.35. The van der Waals surface area contributed by atoms with E-state index in [0.717, 1.165) is 36.1 Å². The van der Waals surface area contributed by atoms with Crippen LogP contribution in [-0.4, -0.2) is 109 Å². The summed E-state index contributed by atoms with van der Waals surface area (Å²) in [6.45, 7) is 8.71. The number of nitrogens with one attached hydrogen (secondary N) is 4. The van der Waals surface area contributed by atoms with Gasteiger partial charge < -0.3 is 36.0 Å². The van der Waals surface area contributed by atoms with Crippen molar-refractivity contribution >= 4 is 29.7 Å². The third kappa shape index (κ3) is 11.4. The quantitative estimate of drug-likeness (QED) is 0.122. The molecule has 0 unspecified atom stereocenters. The van der Waals surface area contributed by atoms with Crippen molar-refractivity contribution in [3.05, 3.63) is 66.8 Å². The molecular weight excluding hydrogens is 715 g/mol. The molecule has 6 N–H and O–H groups in total. The van der Waals surface area contributed by atoms with Gasteiger partial charge in [-0.2, -0.15) is 0 Å². The maximum atomic E-state index is 14.3. The molecule has 3 fully saturated rings. The summed E-state index contributed by atoms with van der Waals surface area (Å²) >= 11 is 0. The smallest absolute Gasteiger partial charge is 0.407 e. The van der Waals surface area contributed by atoms with Crippen LogP contribution in [0.15, 0.2) is 55.5 Å². The largest absolute Gasteiger partial charge is 0.465 e. The molecule has 0 spiro atoms. The van der Waals surface area contributed by atoms with Crippen LogP contribution in [0, 0.1) is 17.8 Å². The van der Waals surface area contributed by atoms with Gasteiger partial charge in [-0.1, -0.05) is 82.4 Å². The van der Waals surface area contributed by atoms with E-state index in [9.17, 15) is 34.2 Å². The molecule has 5 amide bonds. The number of likely N-dealkylation sites (tertiary alicyclic amines) is 2. The lowest BCUT2D eigenvalue weighted by molar-refractivity contribution is -0.142. The molecule has 2 aromatic rings. The predicted molar refractivity (Wildman–Crippen MR) is 211 cm³/mol. The zero-order valence-electron chi connectivity index (χ0n) is 32.9. The minimum Gasteiger partial charge on any atom is -0.465 e. The molecule has 0 radical (unpaired) electrons. The summed E-state index contributed by atoms with van der Waals surface area (Å²) in [5.74, 6) is -1.29. The van der Waals surface area contributed by atoms with Gasteiger partial charge in [0.2, 0.25) is 23.6 Å². The summed E-state index contributed by atoms with van der Waals surface area (Å²) in [6.07, 6.45) is 11.6. The molecular formula is C42H61N7O7. The summed E-state index contributed by atoms with van der Waals surface area (Å²) in [5.41, 5.74) is 1.33. The van der Waals surface area contributed by atoms with Crippen LogP contribution < -0.4 is 16.0 Å². The van der Waals surface area contributed by atoms with E-state index in [2.05, 4.69) is 46.3 Å². The Morgan fingerprint density at radius 2 is 1.54 bits per heavy atom. The van der Waals surface area contributed by atoms with Gasteiger partial charge in [0, 0.05) is 32.1 Å². The Morgan fingerprint density at radius 1 is 0.875 bits per heavy atom. The van der Waals surface area contributed by atoms with E-state index in [-0.39, 0.29) is 31.2 Å². The van der Waals surface area contributed by atoms with Gasteiger partial charge in [0.05, 0.1) is 24.2 Å². The lowest BCUT2D eigenvalue weighted by Gasteiger charge is -2.33. The number of carbonyl (C=O) groups excluding carboxylic acids is 4. The fourth-order valence-electron chi connectivity index (χ4n) is 8.63. The number of H-pyrrole nitrogens is 1. The fourth-order valence-corrected chi connectivity index (χ4v) is 8.63. The van der Waals surface area contributed by atoms with Crippen molar-refractivity contribution in [3.8, 4) is 0 Å². The minimum atomic E-state index is -1.17. The second-order valence-electron chi connectivity index (χ2n) is 16.2. The average Bonchev–Trinajstić information content (AvgIpc) is 4.00. The van der Waals surface area contributed by atoms with E-state index >= 15 is 0 Å². The van der Waals surface area contributed by atoms with E-state index in [4.69, 9.17) is 0 Å². The number of rotatable bonds is 18. The number of aromatic nitrogens is 2. The number of aliphatic hydroxyl groups excluding tert-OH is 1. The number of imidazole rings is 1. The van der Waals surface area contributed by atoms with E-state index in [1.54, 1.807) is 6.20 Å². The number of hydrogen-bond acceptors (Lipinski definition) is 7. The maximum Gasteiger partial charge on any atom is 0.407 e. The van der Waals surface area contributed by atoms with Crippen molar-refractivity contribution in [2.75, 3.05) is 13.1 Å². The van der Waals surface area contributed by atoms with Gasteiger partial charge in [0.15, 0.2) is 0 Å². The number of allylic oxidation sites excluding steroid dienone is 1. The molecule has 2 aliphatic heterocycles. The molecule has 56 heavy (non-hydrogen) atoms. The van der Waals surface area contributed by atoms with E-state index in [1.165, 1.54) is 17.6 Å². The van der Waals surface area contributed by atoms with Crippen molar-refractivity contribution in [1.29, 1.82) is 0 Å². The highest BCUT2D eigenvalue weighted by atomic mass is 16.4. The minimum absolute atomic E-state index is 0.0537. The van der Waals surface area contributed by atoms with Gasteiger partial charge in [-0.3, -0.25) is 24.1 Å². The average molecular weight is 776 g/mol. The monoisotopic (exact) mass is 775 g/mol. The van der Waals surface area contributed by atoms with Crippen LogP contribution in [0.5, 0.6) is 0 Å². The zero-order chi connectivity index (χ0) is 40.2. The van der Waals surface area contributed by atoms with Gasteiger partial charge in [-0.15, -0.1) is 6.58 Å². The number of nitrogens with zero attached hydrogens (tertiary/aromatic N) is 3. The highest BCUT2D eigenvalue weighted by Crippen LogP contribution is 2.30. The number of benzene rings is 1. The molecule has 2 saturated heterocycles. The number of aliphatic hydroxyl groups is 1. The van der Waals surface area contributed by atoms with Gasteiger partial charge >= 0.3 is 6.09 Å². The number of hydrogen-bond donors (Lipinski definition) is 6. The molecule has 1 saturated carbocycles. The molecule has 14 nitrogen and oxygen atoms in total. The SMILES string of the molecule is C=C[C@H](C[C@@H](O)[C@H](CC1CCCCC1)NC(=O)[C@H](Cc1c[nH]cn1)NC(=O)[C@H](Cc1ccccc1)NC(=O)[C@@H]1CCCN1C(=O)[C@H]1CCCN1C(=O)O)C(C)C. The third-order valence-corrected chi connectivity index (χ3v) is 11.9. The van der Waals surface area contributed by atoms with Gasteiger partial charge in [0.25, 0.3) is 0 Å². The summed E-state index contributed by atoms with van der Waals surface area (Å²) in [4.78, 5) is 77.9. The highest BCUT2D eigenvalue weighted by molar-refractivity contribution is 5.96. The first-order chi connectivity index (χ1) is 26.9. The molecule has 5 rings (SSSR count). The van der Waals surface area contributed by atoms with Crippen molar-refractivity contribution < 1.29 is 34.2 Å². The van der Waals surface area contributed by atoms with Crippen LogP contribution in [0.4, 0.5) is 4.79 Å². The second kappa shape index (κ2) is 20.4. The number of amides is 5. The molecule has 3 heterocycles. The summed E-state index contributed by atoms with van der Waals surface area (Å²) in [7, 11) is 0. The number of carbonyl (C=O) groups is 5. The molecule has 306 valence electrons. The van der Waals surface area contributed by atoms with Gasteiger partial charge in [-0.05, 0) is 61.8 Å². The van der Waals surface area contributed by atoms with Crippen LogP contribution in [0.1, 0.15) is 95.7 Å². The lowest BCUT2D eigenvalue weighted by Crippen LogP contribution is -2.59. The summed E-state index contributed by atoms with van der Waals surface area (Å²) in [6, 6.07) is 4.74. The number of aromatic amines is 1. The lowest BCUT2D eigenvalue weighted by atomic mass is 9.81. The van der Waals surface area contributed by atoms with Crippen LogP contribution in [-0.2, 0) is 32.0 Å². The van der Waals surface area contributed by atoms with E-state index in [1.807, 2.05) is 36.4 Å². The molecule has 0 bridgehead atoms. The van der Waals surface area contributed by atoms with Crippen LogP contribution in [0.3, 0.4) is 0 Å². The Labute approximate surface area is 330 Å². The standard InChI is InChI=1S/C42H61N7O7/c1-4-30(27(2)3)23-37(50)32(21-28-13-7-5-8-14-28)45-39(52)34(24-31-25-43-26-44-31)46-38(51)33(22-29-15-9-6-10-16-29)47-40(53)35-17-11-19-48(35)41(54)36-18-12-20-49(36)42(55)56/h4,6,9-10,15-16,25-28,30,32-37,50H,1,5,7-8,11-14,17-24H2,2-3H3,(H,43,44)(H,45,52)(H,46,51)(H,47,53)(H,55,56)/t30-,32+,33+,34+,35+,36-,37-/m1/s1. The summed E-state index contributed by atoms with van der Waals surface area (Å²) in [5, 5.41) is 30.2. The Hall–Kier alpha value is -4.72. The first kappa shape index (κ1) is 42.4. The zero-order valence-corrected chi connectivity index (χ0v) is 32.9. The molecule has 3 aliphatic rings. The van der Waals surface area contributed by atoms with Crippen molar-refractivity contribution in [2.45, 2.75) is 134 Å². The first-order valence-electron chi connectivity index (χ1n) is 20.5. The fraction of sp³-hybridized carbons (Fsp3) is 0.619. The Morgan fingerprint density at radius 3 is 2.18 bits per heavy atom. The van der Waals surface area contributed by atoms with Crippen molar-refractivity contribution in [3.63, 3.8) is 0 Å². The number of carboxylic acid groups (broad SMARTS) is 1. The van der Waals surface area contributed by atoms with Crippen LogP contribution >= 0.6 is 0 Å². The third-order valence-electron chi connectivity index (χ3n) is 11.9. The van der Waals surface area contributed by atoms with Gasteiger partial charge in [0.1, 0.15) is 24.2 Å². The Bertz CT molecular complexity index is 1610. The topological polar surface area (TPSA) is 197 Å². The van der Waals surface area contributed by atoms with E-state index < -0.39 is 66.0 Å². The van der Waals surface area contributed by atoms with E-state index in [0.29, 0.717) is 56.7 Å². The van der Waals surface area contributed by atoms with Crippen LogP contribution in [0.2, 0.25) is 0 Å². The normalized spacial score (nSPS) is 21.5. The van der Waals surface area contributed by atoms with Crippen molar-refractivity contribution in [1.82, 2.24) is 35.7 Å². The molecule has 14 heteroatoms. The highest BCUT2D eigenvalue weighted by Gasteiger charge is 2.43. The van der Waals surface area contributed by atoms with Gasteiger partial charge in [-0.25, -0.2) is 9.78 Å². The van der Waals surface area contributed by atoms with Crippen LogP contribution in [0.25, 0.3) is 0 Å². The maximum absolute atomic E-state index is 14.3. The molecule has 1 aliphatic carbocycles. The summed E-state index contributed by atoms with van der Waals surface area (Å²) < 4.78 is 0.